The molecule has 1 amide bonds. The van der Waals surface area contributed by atoms with E-state index in [0.717, 1.165) is 6.42 Å². The zero-order valence-corrected chi connectivity index (χ0v) is 10.1. The minimum absolute atomic E-state index is 0.131. The van der Waals surface area contributed by atoms with Crippen LogP contribution in [0.3, 0.4) is 0 Å². The molecular weight excluding hydrogens is 208 g/mol. The van der Waals surface area contributed by atoms with Crippen LogP contribution in [0.2, 0.25) is 0 Å². The largest absolute Gasteiger partial charge is 0.481 e. The first-order valence-electron chi connectivity index (χ1n) is 5.70. The number of carbonyl (C=O) groups is 2. The van der Waals surface area contributed by atoms with Gasteiger partial charge in [-0.2, -0.15) is 0 Å². The van der Waals surface area contributed by atoms with E-state index in [1.807, 2.05) is 25.7 Å². The van der Waals surface area contributed by atoms with Crippen LogP contribution < -0.4 is 5.32 Å². The van der Waals surface area contributed by atoms with E-state index in [1.165, 1.54) is 0 Å². The summed E-state index contributed by atoms with van der Waals surface area (Å²) in [5, 5.41) is 11.6. The van der Waals surface area contributed by atoms with E-state index in [1.54, 1.807) is 0 Å². The summed E-state index contributed by atoms with van der Waals surface area (Å²) in [6, 6.07) is -0.151. The van der Waals surface area contributed by atoms with Crippen LogP contribution in [0.25, 0.3) is 0 Å². The SMILES string of the molecule is CC(C)N1C(C)CCNC(=O)C1CC(=O)O. The maximum Gasteiger partial charge on any atom is 0.305 e. The predicted molar refractivity (Wildman–Crippen MR) is 60.1 cm³/mol. The van der Waals surface area contributed by atoms with Crippen LogP contribution in [0, 0.1) is 0 Å². The highest BCUT2D eigenvalue weighted by Crippen LogP contribution is 2.18. The number of hydrogen-bond acceptors (Lipinski definition) is 3. The lowest BCUT2D eigenvalue weighted by atomic mass is 10.1. The minimum Gasteiger partial charge on any atom is -0.481 e. The number of carboxylic acid groups (broad SMARTS) is 1. The second kappa shape index (κ2) is 5.30. The Balaban J connectivity index is 2.91. The van der Waals surface area contributed by atoms with Gasteiger partial charge < -0.3 is 10.4 Å². The third kappa shape index (κ3) is 2.95. The number of carboxylic acids is 1. The molecular formula is C11H20N2O3. The van der Waals surface area contributed by atoms with Crippen molar-refractivity contribution in [1.29, 1.82) is 0 Å². The number of hydrogen-bond donors (Lipinski definition) is 2. The lowest BCUT2D eigenvalue weighted by molar-refractivity contribution is -0.142. The second-order valence-corrected chi connectivity index (χ2v) is 4.58. The van der Waals surface area contributed by atoms with Gasteiger partial charge in [0.05, 0.1) is 6.42 Å². The fraction of sp³-hybridized carbons (Fsp3) is 0.818. The summed E-state index contributed by atoms with van der Waals surface area (Å²) in [5.74, 6) is -1.10. The molecule has 5 heteroatoms. The fourth-order valence-corrected chi connectivity index (χ4v) is 2.35. The first kappa shape index (κ1) is 13.0. The van der Waals surface area contributed by atoms with E-state index in [0.29, 0.717) is 6.54 Å². The number of nitrogens with zero attached hydrogens (tertiary/aromatic N) is 1. The van der Waals surface area contributed by atoms with Gasteiger partial charge >= 0.3 is 5.97 Å². The summed E-state index contributed by atoms with van der Waals surface area (Å²) in [7, 11) is 0. The molecule has 5 nitrogen and oxygen atoms in total. The molecule has 1 aliphatic heterocycles. The normalized spacial score (nSPS) is 27.6. The quantitative estimate of drug-likeness (QED) is 0.735. The van der Waals surface area contributed by atoms with Crippen LogP contribution in [-0.4, -0.2) is 46.6 Å². The average molecular weight is 228 g/mol. The van der Waals surface area contributed by atoms with E-state index < -0.39 is 12.0 Å². The van der Waals surface area contributed by atoms with E-state index in [9.17, 15) is 9.59 Å². The zero-order valence-electron chi connectivity index (χ0n) is 10.1. The molecule has 2 N–H and O–H groups in total. The van der Waals surface area contributed by atoms with E-state index in [4.69, 9.17) is 5.11 Å². The maximum atomic E-state index is 11.8. The van der Waals surface area contributed by atoms with Crippen molar-refractivity contribution in [2.24, 2.45) is 0 Å². The molecule has 0 aromatic rings. The Labute approximate surface area is 95.8 Å². The van der Waals surface area contributed by atoms with Crippen LogP contribution in [-0.2, 0) is 9.59 Å². The van der Waals surface area contributed by atoms with Gasteiger partial charge in [-0.1, -0.05) is 0 Å². The molecule has 0 aromatic heterocycles. The molecule has 92 valence electrons. The van der Waals surface area contributed by atoms with Crippen molar-refractivity contribution in [3.63, 3.8) is 0 Å². The third-order valence-electron chi connectivity index (χ3n) is 3.00. The van der Waals surface area contributed by atoms with Gasteiger partial charge in [0, 0.05) is 18.6 Å². The standard InChI is InChI=1S/C11H20N2O3/c1-7(2)13-8(3)4-5-12-11(16)9(13)6-10(14)15/h7-9H,4-6H2,1-3H3,(H,12,16)(H,14,15). The molecule has 2 unspecified atom stereocenters. The van der Waals surface area contributed by atoms with Crippen molar-refractivity contribution in [2.75, 3.05) is 6.54 Å². The number of nitrogens with one attached hydrogen (secondary N) is 1. The lowest BCUT2D eigenvalue weighted by Crippen LogP contribution is -2.51. The smallest absolute Gasteiger partial charge is 0.305 e. The molecule has 1 fully saturated rings. The minimum atomic E-state index is -0.931. The third-order valence-corrected chi connectivity index (χ3v) is 3.00. The molecule has 1 saturated heterocycles. The van der Waals surface area contributed by atoms with Crippen molar-refractivity contribution in [1.82, 2.24) is 10.2 Å². The number of aliphatic carboxylic acids is 1. The van der Waals surface area contributed by atoms with Gasteiger partial charge in [-0.05, 0) is 27.2 Å². The molecule has 1 rings (SSSR count). The summed E-state index contributed by atoms with van der Waals surface area (Å²) in [6.07, 6.45) is 0.731. The zero-order chi connectivity index (χ0) is 12.3. The van der Waals surface area contributed by atoms with Gasteiger partial charge in [0.25, 0.3) is 0 Å². The molecule has 1 aliphatic rings. The first-order chi connectivity index (χ1) is 7.43. The molecule has 0 aromatic carbocycles. The maximum absolute atomic E-state index is 11.8. The summed E-state index contributed by atoms with van der Waals surface area (Å²) < 4.78 is 0. The van der Waals surface area contributed by atoms with Crippen LogP contribution in [0.5, 0.6) is 0 Å². The topological polar surface area (TPSA) is 69.6 Å². The first-order valence-corrected chi connectivity index (χ1v) is 5.70. The Morgan fingerprint density at radius 1 is 1.62 bits per heavy atom. The number of amides is 1. The molecule has 0 bridgehead atoms. The lowest BCUT2D eigenvalue weighted by Gasteiger charge is -2.35. The number of carbonyl (C=O) groups excluding carboxylic acids is 1. The predicted octanol–water partition coefficient (Wildman–Crippen LogP) is 0.449. The molecule has 1 heterocycles. The molecule has 2 atom stereocenters. The fourth-order valence-electron chi connectivity index (χ4n) is 2.35. The molecule has 0 saturated carbocycles. The average Bonchev–Trinajstić information content (AvgIpc) is 2.26. The van der Waals surface area contributed by atoms with Gasteiger partial charge in [-0.15, -0.1) is 0 Å². The summed E-state index contributed by atoms with van der Waals surface area (Å²) in [4.78, 5) is 24.6. The van der Waals surface area contributed by atoms with Crippen molar-refractivity contribution >= 4 is 11.9 Å². The summed E-state index contributed by atoms with van der Waals surface area (Å²) >= 11 is 0. The highest BCUT2D eigenvalue weighted by Gasteiger charge is 2.35. The highest BCUT2D eigenvalue weighted by atomic mass is 16.4. The van der Waals surface area contributed by atoms with E-state index in [2.05, 4.69) is 5.32 Å². The van der Waals surface area contributed by atoms with E-state index in [-0.39, 0.29) is 24.4 Å². The Hall–Kier alpha value is -1.10. The Bertz CT molecular complexity index is 278. The van der Waals surface area contributed by atoms with Gasteiger partial charge in [0.2, 0.25) is 5.91 Å². The van der Waals surface area contributed by atoms with Crippen LogP contribution in [0.4, 0.5) is 0 Å². The monoisotopic (exact) mass is 228 g/mol. The van der Waals surface area contributed by atoms with Crippen LogP contribution >= 0.6 is 0 Å². The molecule has 0 spiro atoms. The second-order valence-electron chi connectivity index (χ2n) is 4.58. The Morgan fingerprint density at radius 2 is 2.25 bits per heavy atom. The summed E-state index contributed by atoms with van der Waals surface area (Å²) in [5.41, 5.74) is 0. The summed E-state index contributed by atoms with van der Waals surface area (Å²) in [6.45, 7) is 6.64. The van der Waals surface area contributed by atoms with E-state index >= 15 is 0 Å². The van der Waals surface area contributed by atoms with Crippen LogP contribution in [0.15, 0.2) is 0 Å². The molecule has 0 aliphatic carbocycles. The number of rotatable bonds is 3. The molecule has 16 heavy (non-hydrogen) atoms. The van der Waals surface area contributed by atoms with Gasteiger partial charge in [0.15, 0.2) is 0 Å². The van der Waals surface area contributed by atoms with Gasteiger partial charge in [-0.3, -0.25) is 14.5 Å². The van der Waals surface area contributed by atoms with Crippen molar-refractivity contribution in [3.8, 4) is 0 Å². The Morgan fingerprint density at radius 3 is 2.75 bits per heavy atom. The van der Waals surface area contributed by atoms with Gasteiger partial charge in [-0.25, -0.2) is 0 Å². The van der Waals surface area contributed by atoms with Gasteiger partial charge in [0.1, 0.15) is 6.04 Å². The highest BCUT2D eigenvalue weighted by molar-refractivity contribution is 5.86. The molecule has 0 radical (unpaired) electrons. The Kier molecular flexibility index (Phi) is 4.29. The van der Waals surface area contributed by atoms with Crippen LogP contribution in [0.1, 0.15) is 33.6 Å². The van der Waals surface area contributed by atoms with Crippen molar-refractivity contribution in [2.45, 2.75) is 51.7 Å². The van der Waals surface area contributed by atoms with Crippen molar-refractivity contribution in [3.05, 3.63) is 0 Å². The van der Waals surface area contributed by atoms with Crippen molar-refractivity contribution < 1.29 is 14.7 Å².